The van der Waals surface area contributed by atoms with Crippen molar-refractivity contribution >= 4 is 29.2 Å². The van der Waals surface area contributed by atoms with Gasteiger partial charge in [0, 0.05) is 12.1 Å². The van der Waals surface area contributed by atoms with Crippen LogP contribution in [0.2, 0.25) is 0 Å². The molecule has 0 unspecified atom stereocenters. The van der Waals surface area contributed by atoms with Gasteiger partial charge in [-0.2, -0.15) is 0 Å². The van der Waals surface area contributed by atoms with Gasteiger partial charge in [-0.1, -0.05) is 67.9 Å². The Bertz CT molecular complexity index is 1070. The van der Waals surface area contributed by atoms with Gasteiger partial charge in [0.05, 0.1) is 18.4 Å². The lowest BCUT2D eigenvalue weighted by Gasteiger charge is -2.13. The second-order valence-electron chi connectivity index (χ2n) is 7.31. The van der Waals surface area contributed by atoms with E-state index in [1.54, 1.807) is 31.4 Å². The lowest BCUT2D eigenvalue weighted by atomic mass is 10.0. The Morgan fingerprint density at radius 1 is 0.906 bits per heavy atom. The summed E-state index contributed by atoms with van der Waals surface area (Å²) in [5.41, 5.74) is 3.06. The Kier molecular flexibility index (Phi) is 8.21. The molecule has 0 heterocycles. The molecule has 5 nitrogen and oxygen atoms in total. The fourth-order valence-electron chi connectivity index (χ4n) is 3.22. The molecule has 3 aromatic rings. The van der Waals surface area contributed by atoms with Crippen molar-refractivity contribution < 1.29 is 14.3 Å². The third-order valence-electron chi connectivity index (χ3n) is 4.99. The van der Waals surface area contributed by atoms with E-state index in [1.165, 1.54) is 0 Å². The van der Waals surface area contributed by atoms with Crippen LogP contribution in [0.5, 0.6) is 5.75 Å². The molecule has 0 saturated carbocycles. The molecule has 32 heavy (non-hydrogen) atoms. The van der Waals surface area contributed by atoms with Crippen LogP contribution in [0.25, 0.3) is 11.6 Å². The predicted molar refractivity (Wildman–Crippen MR) is 130 cm³/mol. The highest BCUT2D eigenvalue weighted by Gasteiger charge is 2.17. The van der Waals surface area contributed by atoms with E-state index < -0.39 is 0 Å². The predicted octanol–water partition coefficient (Wildman–Crippen LogP) is 5.40. The van der Waals surface area contributed by atoms with Gasteiger partial charge in [-0.25, -0.2) is 0 Å². The van der Waals surface area contributed by atoms with E-state index in [4.69, 9.17) is 4.74 Å². The summed E-state index contributed by atoms with van der Waals surface area (Å²) in [5.74, 6) is 0.256. The van der Waals surface area contributed by atoms with E-state index >= 15 is 0 Å². The van der Waals surface area contributed by atoms with Crippen LogP contribution in [-0.4, -0.2) is 25.5 Å². The standard InChI is InChI=1S/C27H28N2O3/c1-3-4-18-28-26(30)23-12-8-9-13-25(23)29-27(31)24(21-10-6-5-7-11-21)19-20-14-16-22(32-2)17-15-20/h5-17,19H,3-4,18H2,1-2H3,(H,28,30)(H,29,31)/b24-19+. The van der Waals surface area contributed by atoms with Crippen molar-refractivity contribution in [2.24, 2.45) is 0 Å². The molecule has 3 aromatic carbocycles. The first-order valence-electron chi connectivity index (χ1n) is 10.7. The summed E-state index contributed by atoms with van der Waals surface area (Å²) in [6.07, 6.45) is 3.73. The second-order valence-corrected chi connectivity index (χ2v) is 7.31. The third kappa shape index (κ3) is 6.08. The zero-order valence-corrected chi connectivity index (χ0v) is 18.4. The van der Waals surface area contributed by atoms with Gasteiger partial charge >= 0.3 is 0 Å². The zero-order chi connectivity index (χ0) is 22.8. The van der Waals surface area contributed by atoms with E-state index in [0.29, 0.717) is 23.4 Å². The summed E-state index contributed by atoms with van der Waals surface area (Å²) < 4.78 is 5.22. The Balaban J connectivity index is 1.90. The minimum Gasteiger partial charge on any atom is -0.497 e. The van der Waals surface area contributed by atoms with Crippen molar-refractivity contribution in [1.29, 1.82) is 0 Å². The number of carbonyl (C=O) groups excluding carboxylic acids is 2. The Labute approximate surface area is 189 Å². The summed E-state index contributed by atoms with van der Waals surface area (Å²) in [6, 6.07) is 24.0. The average molecular weight is 429 g/mol. The first-order chi connectivity index (χ1) is 15.6. The first-order valence-corrected chi connectivity index (χ1v) is 10.7. The Morgan fingerprint density at radius 2 is 1.59 bits per heavy atom. The third-order valence-corrected chi connectivity index (χ3v) is 4.99. The highest BCUT2D eigenvalue weighted by molar-refractivity contribution is 6.29. The maximum absolute atomic E-state index is 13.3. The number of unbranched alkanes of at least 4 members (excludes halogenated alkanes) is 1. The lowest BCUT2D eigenvalue weighted by molar-refractivity contribution is -0.111. The van der Waals surface area contributed by atoms with Gasteiger partial charge in [-0.3, -0.25) is 9.59 Å². The molecule has 164 valence electrons. The molecule has 0 atom stereocenters. The van der Waals surface area contributed by atoms with Gasteiger partial charge in [0.1, 0.15) is 5.75 Å². The van der Waals surface area contributed by atoms with E-state index in [9.17, 15) is 9.59 Å². The molecular formula is C27H28N2O3. The molecule has 0 aliphatic carbocycles. The van der Waals surface area contributed by atoms with Gasteiger partial charge in [0.15, 0.2) is 0 Å². The molecule has 2 N–H and O–H groups in total. The molecule has 0 spiro atoms. The highest BCUT2D eigenvalue weighted by Crippen LogP contribution is 2.23. The minimum atomic E-state index is -0.291. The number of benzene rings is 3. The van der Waals surface area contributed by atoms with Gasteiger partial charge < -0.3 is 15.4 Å². The fraction of sp³-hybridized carbons (Fsp3) is 0.185. The molecule has 0 saturated heterocycles. The summed E-state index contributed by atoms with van der Waals surface area (Å²) >= 11 is 0. The molecule has 0 radical (unpaired) electrons. The zero-order valence-electron chi connectivity index (χ0n) is 18.4. The fourth-order valence-corrected chi connectivity index (χ4v) is 3.22. The number of anilines is 1. The molecule has 0 aromatic heterocycles. The van der Waals surface area contributed by atoms with E-state index in [0.717, 1.165) is 29.7 Å². The molecular weight excluding hydrogens is 400 g/mol. The van der Waals surface area contributed by atoms with Crippen molar-refractivity contribution in [3.8, 4) is 5.75 Å². The molecule has 0 aliphatic heterocycles. The second kappa shape index (κ2) is 11.5. The number of hydrogen-bond acceptors (Lipinski definition) is 3. The minimum absolute atomic E-state index is 0.199. The summed E-state index contributed by atoms with van der Waals surface area (Å²) in [4.78, 5) is 26.0. The summed E-state index contributed by atoms with van der Waals surface area (Å²) in [6.45, 7) is 2.67. The number of nitrogens with one attached hydrogen (secondary N) is 2. The SMILES string of the molecule is CCCCNC(=O)c1ccccc1NC(=O)/C(=C/c1ccc(OC)cc1)c1ccccc1. The van der Waals surface area contributed by atoms with Crippen molar-refractivity contribution in [3.63, 3.8) is 0 Å². The highest BCUT2D eigenvalue weighted by atomic mass is 16.5. The maximum Gasteiger partial charge on any atom is 0.256 e. The average Bonchev–Trinajstić information content (AvgIpc) is 2.83. The number of rotatable bonds is 9. The number of amides is 2. The summed E-state index contributed by atoms with van der Waals surface area (Å²) in [5, 5.41) is 5.84. The monoisotopic (exact) mass is 428 g/mol. The van der Waals surface area contributed by atoms with Crippen molar-refractivity contribution in [1.82, 2.24) is 5.32 Å². The quantitative estimate of drug-likeness (QED) is 0.272. The van der Waals surface area contributed by atoms with Crippen molar-refractivity contribution in [3.05, 3.63) is 95.6 Å². The lowest BCUT2D eigenvalue weighted by Crippen LogP contribution is -2.26. The largest absolute Gasteiger partial charge is 0.497 e. The number of carbonyl (C=O) groups is 2. The van der Waals surface area contributed by atoms with Gasteiger partial charge in [-0.15, -0.1) is 0 Å². The van der Waals surface area contributed by atoms with Crippen LogP contribution >= 0.6 is 0 Å². The van der Waals surface area contributed by atoms with E-state index in [2.05, 4.69) is 17.6 Å². The molecule has 0 bridgehead atoms. The number of methoxy groups -OCH3 is 1. The van der Waals surface area contributed by atoms with Crippen LogP contribution in [0.15, 0.2) is 78.9 Å². The molecule has 0 fully saturated rings. The van der Waals surface area contributed by atoms with E-state index in [-0.39, 0.29) is 11.8 Å². The van der Waals surface area contributed by atoms with Crippen LogP contribution in [0.1, 0.15) is 41.3 Å². The van der Waals surface area contributed by atoms with Gasteiger partial charge in [0.2, 0.25) is 0 Å². The van der Waals surface area contributed by atoms with Gasteiger partial charge in [0.25, 0.3) is 11.8 Å². The molecule has 2 amide bonds. The van der Waals surface area contributed by atoms with Crippen LogP contribution in [0.4, 0.5) is 5.69 Å². The number of hydrogen-bond donors (Lipinski definition) is 2. The normalized spacial score (nSPS) is 11.0. The number of para-hydroxylation sites is 1. The van der Waals surface area contributed by atoms with Crippen molar-refractivity contribution in [2.45, 2.75) is 19.8 Å². The number of ether oxygens (including phenoxy) is 1. The smallest absolute Gasteiger partial charge is 0.256 e. The molecule has 0 aliphatic rings. The van der Waals surface area contributed by atoms with E-state index in [1.807, 2.05) is 60.7 Å². The molecule has 3 rings (SSSR count). The summed E-state index contributed by atoms with van der Waals surface area (Å²) in [7, 11) is 1.61. The topological polar surface area (TPSA) is 67.4 Å². The van der Waals surface area contributed by atoms with Crippen molar-refractivity contribution in [2.75, 3.05) is 19.0 Å². The molecule has 5 heteroatoms. The van der Waals surface area contributed by atoms with Crippen LogP contribution in [0, 0.1) is 0 Å². The van der Waals surface area contributed by atoms with Crippen LogP contribution in [0.3, 0.4) is 0 Å². The Morgan fingerprint density at radius 3 is 2.28 bits per heavy atom. The van der Waals surface area contributed by atoms with Crippen LogP contribution < -0.4 is 15.4 Å². The first kappa shape index (κ1) is 22.8. The van der Waals surface area contributed by atoms with Gasteiger partial charge in [-0.05, 0) is 47.9 Å². The Hall–Kier alpha value is -3.86. The van der Waals surface area contributed by atoms with Crippen LogP contribution in [-0.2, 0) is 4.79 Å². The maximum atomic E-state index is 13.3.